The molecule has 198 valence electrons. The van der Waals surface area contributed by atoms with Crippen molar-refractivity contribution in [2.24, 2.45) is 11.8 Å². The van der Waals surface area contributed by atoms with Gasteiger partial charge in [-0.05, 0) is 76.9 Å². The summed E-state index contributed by atoms with van der Waals surface area (Å²) in [7, 11) is -2.16. The molecule has 11 nitrogen and oxygen atoms in total. The molecular formula is C24H29IN6O5S. The molecule has 0 aliphatic rings. The Hall–Kier alpha value is -2.88. The maximum absolute atomic E-state index is 12.8. The van der Waals surface area contributed by atoms with Gasteiger partial charge in [0, 0.05) is 16.3 Å². The Morgan fingerprint density at radius 3 is 2.32 bits per heavy atom. The molecule has 0 spiro atoms. The second-order valence-electron chi connectivity index (χ2n) is 8.97. The quantitative estimate of drug-likeness (QED) is 0.127. The van der Waals surface area contributed by atoms with Crippen molar-refractivity contribution < 1.29 is 23.2 Å². The van der Waals surface area contributed by atoms with Crippen LogP contribution in [0.2, 0.25) is 0 Å². The SMILES string of the molecule is CC(C)CC(C(=O)NO)C(=O)Nc1ccc(Cn2cc(CN(C)S(=O)(=O)c3ccc(I)cc3)nn2)cc1. The minimum absolute atomic E-state index is 0.0677. The number of hydrogen-bond acceptors (Lipinski definition) is 7. The van der Waals surface area contributed by atoms with Gasteiger partial charge in [-0.15, -0.1) is 5.10 Å². The lowest BCUT2D eigenvalue weighted by Crippen LogP contribution is -2.37. The highest BCUT2D eigenvalue weighted by Crippen LogP contribution is 2.19. The smallest absolute Gasteiger partial charge is 0.255 e. The molecule has 3 N–H and O–H groups in total. The number of nitrogens with one attached hydrogen (secondary N) is 2. The van der Waals surface area contributed by atoms with Gasteiger partial charge in [-0.2, -0.15) is 4.31 Å². The molecule has 0 bridgehead atoms. The summed E-state index contributed by atoms with van der Waals surface area (Å²) in [4.78, 5) is 24.6. The van der Waals surface area contributed by atoms with Crippen molar-refractivity contribution in [1.82, 2.24) is 24.8 Å². The van der Waals surface area contributed by atoms with E-state index in [-0.39, 0.29) is 17.4 Å². The van der Waals surface area contributed by atoms with Crippen LogP contribution >= 0.6 is 22.6 Å². The average molecular weight is 641 g/mol. The van der Waals surface area contributed by atoms with E-state index in [1.54, 1.807) is 64.9 Å². The molecule has 1 unspecified atom stereocenters. The molecule has 0 aliphatic carbocycles. The molecule has 37 heavy (non-hydrogen) atoms. The summed E-state index contributed by atoms with van der Waals surface area (Å²) in [6.45, 7) is 4.22. The zero-order valence-electron chi connectivity index (χ0n) is 20.6. The van der Waals surface area contributed by atoms with Crippen LogP contribution in [0.15, 0.2) is 59.6 Å². The number of nitrogens with zero attached hydrogens (tertiary/aromatic N) is 4. The van der Waals surface area contributed by atoms with E-state index in [9.17, 15) is 18.0 Å². The number of anilines is 1. The number of amides is 2. The van der Waals surface area contributed by atoms with Gasteiger partial charge >= 0.3 is 0 Å². The Bertz CT molecular complexity index is 1330. The minimum Gasteiger partial charge on any atom is -0.325 e. The van der Waals surface area contributed by atoms with Crippen LogP contribution in [0.1, 0.15) is 31.5 Å². The fourth-order valence-electron chi connectivity index (χ4n) is 3.58. The zero-order valence-corrected chi connectivity index (χ0v) is 23.6. The van der Waals surface area contributed by atoms with E-state index in [2.05, 4.69) is 38.2 Å². The minimum atomic E-state index is -3.66. The van der Waals surface area contributed by atoms with Gasteiger partial charge in [0.1, 0.15) is 5.92 Å². The molecule has 1 heterocycles. The third kappa shape index (κ3) is 7.80. The summed E-state index contributed by atoms with van der Waals surface area (Å²) in [5, 5.41) is 19.8. The van der Waals surface area contributed by atoms with E-state index >= 15 is 0 Å². The second-order valence-corrected chi connectivity index (χ2v) is 12.3. The summed E-state index contributed by atoms with van der Waals surface area (Å²) in [5.74, 6) is -2.17. The summed E-state index contributed by atoms with van der Waals surface area (Å²) in [5.41, 5.74) is 3.44. The molecule has 0 saturated heterocycles. The number of carbonyl (C=O) groups excluding carboxylic acids is 2. The molecule has 0 saturated carbocycles. The number of hydroxylamine groups is 1. The largest absolute Gasteiger partial charge is 0.325 e. The van der Waals surface area contributed by atoms with Crippen LogP contribution in [-0.4, -0.2) is 51.8 Å². The van der Waals surface area contributed by atoms with Crippen molar-refractivity contribution in [3.63, 3.8) is 0 Å². The molecule has 1 aromatic heterocycles. The third-order valence-electron chi connectivity index (χ3n) is 5.51. The predicted molar refractivity (Wildman–Crippen MR) is 145 cm³/mol. The van der Waals surface area contributed by atoms with Crippen molar-refractivity contribution in [2.75, 3.05) is 12.4 Å². The Labute approximate surface area is 229 Å². The molecule has 3 aromatic rings. The topological polar surface area (TPSA) is 147 Å². The van der Waals surface area contributed by atoms with Crippen molar-refractivity contribution in [1.29, 1.82) is 0 Å². The summed E-state index contributed by atoms with van der Waals surface area (Å²) < 4.78 is 29.4. The lowest BCUT2D eigenvalue weighted by atomic mass is 9.95. The highest BCUT2D eigenvalue weighted by molar-refractivity contribution is 14.1. The number of aromatic nitrogens is 3. The molecular weight excluding hydrogens is 611 g/mol. The molecule has 1 atom stereocenters. The first-order valence-corrected chi connectivity index (χ1v) is 14.0. The van der Waals surface area contributed by atoms with Crippen LogP contribution in [0.4, 0.5) is 5.69 Å². The van der Waals surface area contributed by atoms with Crippen LogP contribution in [0, 0.1) is 15.4 Å². The highest BCUT2D eigenvalue weighted by atomic mass is 127. The van der Waals surface area contributed by atoms with E-state index < -0.39 is 27.8 Å². The van der Waals surface area contributed by atoms with E-state index in [0.717, 1.165) is 9.13 Å². The Balaban J connectivity index is 1.60. The third-order valence-corrected chi connectivity index (χ3v) is 8.05. The fourth-order valence-corrected chi connectivity index (χ4v) is 5.08. The molecule has 0 aliphatic heterocycles. The summed E-state index contributed by atoms with van der Waals surface area (Å²) >= 11 is 2.12. The van der Waals surface area contributed by atoms with Gasteiger partial charge < -0.3 is 5.32 Å². The lowest BCUT2D eigenvalue weighted by molar-refractivity contribution is -0.139. The lowest BCUT2D eigenvalue weighted by Gasteiger charge is -2.17. The van der Waals surface area contributed by atoms with Crippen LogP contribution in [0.25, 0.3) is 0 Å². The van der Waals surface area contributed by atoms with E-state index in [1.807, 2.05) is 13.8 Å². The van der Waals surface area contributed by atoms with Gasteiger partial charge in [0.15, 0.2) is 0 Å². The van der Waals surface area contributed by atoms with Crippen molar-refractivity contribution in [3.8, 4) is 0 Å². The van der Waals surface area contributed by atoms with Gasteiger partial charge in [0.2, 0.25) is 15.9 Å². The first-order valence-electron chi connectivity index (χ1n) is 11.4. The summed E-state index contributed by atoms with van der Waals surface area (Å²) in [6.07, 6.45) is 1.98. The van der Waals surface area contributed by atoms with E-state index in [0.29, 0.717) is 24.3 Å². The van der Waals surface area contributed by atoms with E-state index in [1.165, 1.54) is 11.4 Å². The molecule has 0 fully saturated rings. The number of sulfonamides is 1. The first kappa shape index (κ1) is 28.7. The Morgan fingerprint density at radius 1 is 1.08 bits per heavy atom. The fraction of sp³-hybridized carbons (Fsp3) is 0.333. The highest BCUT2D eigenvalue weighted by Gasteiger charge is 2.27. The molecule has 13 heteroatoms. The standard InChI is InChI=1S/C24H29IN6O5S/c1-16(2)12-22(24(33)28-34)23(32)26-19-8-4-17(5-9-19)13-31-15-20(27-29-31)14-30(3)37(35,36)21-10-6-18(25)7-11-21/h4-11,15-16,22,34H,12-14H2,1-3H3,(H,26,32)(H,28,33). The number of rotatable bonds is 11. The number of halogens is 1. The van der Waals surface area contributed by atoms with Crippen LogP contribution in [0.3, 0.4) is 0 Å². The van der Waals surface area contributed by atoms with Crippen molar-refractivity contribution in [3.05, 3.63) is 69.6 Å². The van der Waals surface area contributed by atoms with Crippen molar-refractivity contribution in [2.45, 2.75) is 38.3 Å². The maximum atomic E-state index is 12.8. The van der Waals surface area contributed by atoms with Crippen LogP contribution in [-0.2, 0) is 32.7 Å². The van der Waals surface area contributed by atoms with Crippen molar-refractivity contribution >= 4 is 50.1 Å². The average Bonchev–Trinajstić information content (AvgIpc) is 3.29. The molecule has 2 aromatic carbocycles. The first-order chi connectivity index (χ1) is 17.5. The van der Waals surface area contributed by atoms with Gasteiger partial charge in [-0.25, -0.2) is 18.6 Å². The zero-order chi connectivity index (χ0) is 27.2. The van der Waals surface area contributed by atoms with Gasteiger partial charge in [-0.1, -0.05) is 31.2 Å². The molecule has 3 rings (SSSR count). The monoisotopic (exact) mass is 640 g/mol. The Morgan fingerprint density at radius 2 is 1.73 bits per heavy atom. The van der Waals surface area contributed by atoms with E-state index in [4.69, 9.17) is 5.21 Å². The number of hydrogen-bond donors (Lipinski definition) is 3. The van der Waals surface area contributed by atoms with Gasteiger partial charge in [0.25, 0.3) is 5.91 Å². The second kappa shape index (κ2) is 12.6. The predicted octanol–water partition coefficient (Wildman–Crippen LogP) is 2.86. The molecule has 0 radical (unpaired) electrons. The number of carbonyl (C=O) groups is 2. The van der Waals surface area contributed by atoms with Crippen LogP contribution < -0.4 is 10.8 Å². The van der Waals surface area contributed by atoms with Gasteiger partial charge in [0.05, 0.1) is 29.9 Å². The Kier molecular flexibility index (Phi) is 9.75. The molecule has 2 amide bonds. The van der Waals surface area contributed by atoms with Crippen LogP contribution in [0.5, 0.6) is 0 Å². The van der Waals surface area contributed by atoms with Gasteiger partial charge in [-0.3, -0.25) is 14.8 Å². The maximum Gasteiger partial charge on any atom is 0.255 e. The number of benzene rings is 2. The summed E-state index contributed by atoms with van der Waals surface area (Å²) in [6, 6.07) is 13.6. The normalized spacial score (nSPS) is 12.5.